The lowest BCUT2D eigenvalue weighted by Gasteiger charge is -2.36. The lowest BCUT2D eigenvalue weighted by atomic mass is 10.1. The molecule has 0 saturated carbocycles. The zero-order valence-corrected chi connectivity index (χ0v) is 11.2. The number of rotatable bonds is 3. The van der Waals surface area contributed by atoms with Gasteiger partial charge in [0, 0.05) is 11.4 Å². The van der Waals surface area contributed by atoms with Gasteiger partial charge in [-0.15, -0.1) is 11.3 Å². The minimum atomic E-state index is 0.00806. The number of benzene rings is 1. The number of anilines is 2. The quantitative estimate of drug-likeness (QED) is 0.901. The molecule has 3 rings (SSSR count). The first-order valence-electron chi connectivity index (χ1n) is 6.18. The average Bonchev–Trinajstić information content (AvgIpc) is 2.93. The topological polar surface area (TPSA) is 58.4 Å². The number of carbonyl (C=O) groups is 1. The zero-order valence-electron chi connectivity index (χ0n) is 10.4. The number of hydrogen-bond acceptors (Lipinski definition) is 4. The highest BCUT2D eigenvalue weighted by molar-refractivity contribution is 7.10. The Bertz CT molecular complexity index is 582. The minimum Gasteiger partial charge on any atom is -0.351 e. The number of nitrogens with two attached hydrogens (primary N) is 1. The number of carbonyl (C=O) groups excluding carboxylic acids is 1. The SMILES string of the molecule is NCC(c1cccs1)N1CC(=O)Nc2ccccc21. The predicted molar refractivity (Wildman–Crippen MR) is 78.5 cm³/mol. The van der Waals surface area contributed by atoms with Crippen molar-refractivity contribution in [3.63, 3.8) is 0 Å². The van der Waals surface area contributed by atoms with Gasteiger partial charge in [0.15, 0.2) is 0 Å². The summed E-state index contributed by atoms with van der Waals surface area (Å²) in [5, 5.41) is 4.93. The van der Waals surface area contributed by atoms with Crippen molar-refractivity contribution in [1.82, 2.24) is 0 Å². The van der Waals surface area contributed by atoms with Crippen LogP contribution < -0.4 is 16.0 Å². The molecule has 1 atom stereocenters. The first-order chi connectivity index (χ1) is 9.29. The van der Waals surface area contributed by atoms with E-state index in [2.05, 4.69) is 16.3 Å². The van der Waals surface area contributed by atoms with Crippen molar-refractivity contribution >= 4 is 28.6 Å². The molecular formula is C14H15N3OS. The minimum absolute atomic E-state index is 0.00806. The fraction of sp³-hybridized carbons (Fsp3) is 0.214. The molecule has 0 fully saturated rings. The molecule has 1 aromatic carbocycles. The summed E-state index contributed by atoms with van der Waals surface area (Å²) >= 11 is 1.67. The largest absolute Gasteiger partial charge is 0.351 e. The van der Waals surface area contributed by atoms with E-state index >= 15 is 0 Å². The molecule has 4 nitrogen and oxygen atoms in total. The highest BCUT2D eigenvalue weighted by atomic mass is 32.1. The van der Waals surface area contributed by atoms with Gasteiger partial charge in [-0.3, -0.25) is 4.79 Å². The summed E-state index contributed by atoms with van der Waals surface area (Å²) in [5.41, 5.74) is 7.82. The molecule has 19 heavy (non-hydrogen) atoms. The van der Waals surface area contributed by atoms with Crippen molar-refractivity contribution < 1.29 is 4.79 Å². The Morgan fingerprint density at radius 3 is 2.89 bits per heavy atom. The van der Waals surface area contributed by atoms with Crippen LogP contribution in [0.5, 0.6) is 0 Å². The summed E-state index contributed by atoms with van der Waals surface area (Å²) in [5.74, 6) is 0.00806. The molecular weight excluding hydrogens is 258 g/mol. The monoisotopic (exact) mass is 273 g/mol. The van der Waals surface area contributed by atoms with Gasteiger partial charge < -0.3 is 16.0 Å². The number of thiophene rings is 1. The second kappa shape index (κ2) is 5.03. The van der Waals surface area contributed by atoms with Crippen molar-refractivity contribution in [3.8, 4) is 0 Å². The lowest BCUT2D eigenvalue weighted by molar-refractivity contribution is -0.115. The molecule has 0 bridgehead atoms. The van der Waals surface area contributed by atoms with Crippen molar-refractivity contribution in [1.29, 1.82) is 0 Å². The molecule has 2 heterocycles. The van der Waals surface area contributed by atoms with Crippen LogP contribution in [0.15, 0.2) is 41.8 Å². The van der Waals surface area contributed by atoms with Gasteiger partial charge in [-0.25, -0.2) is 0 Å². The number of nitrogens with one attached hydrogen (secondary N) is 1. The lowest BCUT2D eigenvalue weighted by Crippen LogP contribution is -2.42. The van der Waals surface area contributed by atoms with Gasteiger partial charge in [0.2, 0.25) is 5.91 Å². The first kappa shape index (κ1) is 12.2. The average molecular weight is 273 g/mol. The Balaban J connectivity index is 2.02. The molecule has 1 amide bonds. The van der Waals surface area contributed by atoms with Crippen molar-refractivity contribution in [2.24, 2.45) is 5.73 Å². The van der Waals surface area contributed by atoms with E-state index in [1.165, 1.54) is 4.88 Å². The van der Waals surface area contributed by atoms with Crippen LogP contribution in [0.25, 0.3) is 0 Å². The maximum Gasteiger partial charge on any atom is 0.243 e. The first-order valence-corrected chi connectivity index (χ1v) is 7.06. The maximum atomic E-state index is 11.8. The van der Waals surface area contributed by atoms with Crippen LogP contribution in [0.1, 0.15) is 10.9 Å². The predicted octanol–water partition coefficient (Wildman–Crippen LogP) is 2.21. The number of amides is 1. The molecule has 1 aliphatic rings. The fourth-order valence-corrected chi connectivity index (χ4v) is 3.27. The van der Waals surface area contributed by atoms with Gasteiger partial charge in [-0.1, -0.05) is 18.2 Å². The summed E-state index contributed by atoms with van der Waals surface area (Å²) < 4.78 is 0. The molecule has 1 aliphatic heterocycles. The van der Waals surface area contributed by atoms with Crippen LogP contribution in [0, 0.1) is 0 Å². The van der Waals surface area contributed by atoms with E-state index < -0.39 is 0 Å². The van der Waals surface area contributed by atoms with Gasteiger partial charge in [0.1, 0.15) is 0 Å². The standard InChI is InChI=1S/C14H15N3OS/c15-8-12(13-6-3-7-19-13)17-9-14(18)16-10-4-1-2-5-11(10)17/h1-7,12H,8-9,15H2,(H,16,18). The Morgan fingerprint density at radius 1 is 1.32 bits per heavy atom. The number of hydrogen-bond donors (Lipinski definition) is 2. The van der Waals surface area contributed by atoms with Crippen LogP contribution in [-0.4, -0.2) is 19.0 Å². The molecule has 0 saturated heterocycles. The smallest absolute Gasteiger partial charge is 0.243 e. The van der Waals surface area contributed by atoms with Crippen LogP contribution in [0.2, 0.25) is 0 Å². The number of nitrogens with zero attached hydrogens (tertiary/aromatic N) is 1. The Hall–Kier alpha value is -1.85. The van der Waals surface area contributed by atoms with Crippen LogP contribution in [-0.2, 0) is 4.79 Å². The fourth-order valence-electron chi connectivity index (χ4n) is 2.42. The highest BCUT2D eigenvalue weighted by Gasteiger charge is 2.28. The van der Waals surface area contributed by atoms with Crippen LogP contribution in [0.3, 0.4) is 0 Å². The summed E-state index contributed by atoms with van der Waals surface area (Å²) in [4.78, 5) is 15.1. The van der Waals surface area contributed by atoms with Gasteiger partial charge in [-0.2, -0.15) is 0 Å². The van der Waals surface area contributed by atoms with E-state index in [9.17, 15) is 4.79 Å². The van der Waals surface area contributed by atoms with E-state index in [0.29, 0.717) is 13.1 Å². The molecule has 1 unspecified atom stereocenters. The van der Waals surface area contributed by atoms with Gasteiger partial charge in [0.05, 0.1) is 24.0 Å². The molecule has 0 spiro atoms. The van der Waals surface area contributed by atoms with Crippen LogP contribution >= 0.6 is 11.3 Å². The number of fused-ring (bicyclic) bond motifs is 1. The normalized spacial score (nSPS) is 15.8. The molecule has 0 radical (unpaired) electrons. The van der Waals surface area contributed by atoms with E-state index in [1.54, 1.807) is 11.3 Å². The molecule has 5 heteroatoms. The van der Waals surface area contributed by atoms with E-state index in [0.717, 1.165) is 11.4 Å². The van der Waals surface area contributed by atoms with E-state index in [4.69, 9.17) is 5.73 Å². The van der Waals surface area contributed by atoms with Crippen LogP contribution in [0.4, 0.5) is 11.4 Å². The third-order valence-electron chi connectivity index (χ3n) is 3.27. The molecule has 0 aliphatic carbocycles. The van der Waals surface area contributed by atoms with Gasteiger partial charge >= 0.3 is 0 Å². The summed E-state index contributed by atoms with van der Waals surface area (Å²) in [7, 11) is 0. The summed E-state index contributed by atoms with van der Waals surface area (Å²) in [6, 6.07) is 12.0. The Morgan fingerprint density at radius 2 is 2.16 bits per heavy atom. The number of para-hydroxylation sites is 2. The second-order valence-electron chi connectivity index (χ2n) is 4.46. The van der Waals surface area contributed by atoms with Gasteiger partial charge in [0.25, 0.3) is 0 Å². The molecule has 1 aromatic heterocycles. The third kappa shape index (κ3) is 2.22. The maximum absolute atomic E-state index is 11.8. The van der Waals surface area contributed by atoms with E-state index in [1.807, 2.05) is 35.7 Å². The molecule has 2 aromatic rings. The Kier molecular flexibility index (Phi) is 3.23. The van der Waals surface area contributed by atoms with E-state index in [-0.39, 0.29) is 11.9 Å². The van der Waals surface area contributed by atoms with Crippen molar-refractivity contribution in [2.75, 3.05) is 23.3 Å². The zero-order chi connectivity index (χ0) is 13.2. The van der Waals surface area contributed by atoms with Crippen molar-refractivity contribution in [2.45, 2.75) is 6.04 Å². The third-order valence-corrected chi connectivity index (χ3v) is 4.25. The second-order valence-corrected chi connectivity index (χ2v) is 5.44. The summed E-state index contributed by atoms with van der Waals surface area (Å²) in [6.45, 7) is 0.832. The van der Waals surface area contributed by atoms with Gasteiger partial charge in [-0.05, 0) is 23.6 Å². The molecule has 98 valence electrons. The Labute approximate surface area is 115 Å². The summed E-state index contributed by atoms with van der Waals surface area (Å²) in [6.07, 6.45) is 0. The highest BCUT2D eigenvalue weighted by Crippen LogP contribution is 2.36. The molecule has 3 N–H and O–H groups in total. The van der Waals surface area contributed by atoms with Crippen molar-refractivity contribution in [3.05, 3.63) is 46.7 Å².